The zero-order chi connectivity index (χ0) is 8.55. The van der Waals surface area contributed by atoms with Crippen molar-refractivity contribution in [2.45, 2.75) is 13.1 Å². The van der Waals surface area contributed by atoms with Crippen LogP contribution in [0.1, 0.15) is 6.92 Å². The Balaban J connectivity index is 2.22. The van der Waals surface area contributed by atoms with E-state index in [0.29, 0.717) is 0 Å². The molecule has 0 aromatic carbocycles. The van der Waals surface area contributed by atoms with Crippen LogP contribution in [0, 0.1) is 0 Å². The maximum absolute atomic E-state index is 11.0. The van der Waals surface area contributed by atoms with Crippen LogP contribution < -0.4 is 16.2 Å². The fraction of sp³-hybridized carbons (Fsp3) is 0.375. The summed E-state index contributed by atoms with van der Waals surface area (Å²) in [5.41, 5.74) is 7.96. The predicted molar refractivity (Wildman–Crippen MR) is 44.9 cm³/mol. The molecule has 2 rings (SSSR count). The van der Waals surface area contributed by atoms with Crippen molar-refractivity contribution < 1.29 is 4.79 Å². The zero-order valence-corrected chi connectivity index (χ0v) is 6.85. The number of carbonyl (C=O) groups excluding carboxylic acids is 1. The van der Waals surface area contributed by atoms with Gasteiger partial charge in [-0.05, 0) is 18.6 Å². The Morgan fingerprint density at radius 2 is 2.50 bits per heavy atom. The molecule has 0 aromatic heterocycles. The lowest BCUT2D eigenvalue weighted by Gasteiger charge is -2.17. The second kappa shape index (κ2) is 2.73. The van der Waals surface area contributed by atoms with E-state index in [0.717, 1.165) is 12.1 Å². The smallest absolute Gasteiger partial charge is 0.161 e. The van der Waals surface area contributed by atoms with Gasteiger partial charge in [0.05, 0.1) is 0 Å². The van der Waals surface area contributed by atoms with E-state index < -0.39 is 0 Å². The molecule has 3 N–H and O–H groups in total. The molecule has 12 heavy (non-hydrogen) atoms. The molecule has 4 nitrogen and oxygen atoms in total. The Labute approximate surface area is 70.7 Å². The Kier molecular flexibility index (Phi) is 1.71. The molecule has 64 valence electrons. The number of hydrogen-bond acceptors (Lipinski definition) is 4. The third kappa shape index (κ3) is 1.15. The number of fused-ring (bicyclic) bond motifs is 1. The Morgan fingerprint density at radius 3 is 3.25 bits per heavy atom. The van der Waals surface area contributed by atoms with Gasteiger partial charge in [0.1, 0.15) is 6.17 Å². The number of hydrazine groups is 1. The van der Waals surface area contributed by atoms with E-state index in [-0.39, 0.29) is 11.9 Å². The number of ketones is 1. The highest BCUT2D eigenvalue weighted by Crippen LogP contribution is 2.13. The average Bonchev–Trinajstić information content (AvgIpc) is 2.49. The summed E-state index contributed by atoms with van der Waals surface area (Å²) in [6.07, 6.45) is 3.83. The maximum Gasteiger partial charge on any atom is 0.161 e. The second-order valence-electron chi connectivity index (χ2n) is 2.97. The largest absolute Gasteiger partial charge is 0.371 e. The van der Waals surface area contributed by atoms with Crippen LogP contribution in [0.3, 0.4) is 0 Å². The normalized spacial score (nSPS) is 26.9. The number of hydrogen-bond donors (Lipinski definition) is 3. The van der Waals surface area contributed by atoms with E-state index >= 15 is 0 Å². The van der Waals surface area contributed by atoms with E-state index in [1.807, 2.05) is 6.08 Å². The molecule has 1 unspecified atom stereocenters. The monoisotopic (exact) mass is 165 g/mol. The van der Waals surface area contributed by atoms with Crippen molar-refractivity contribution in [3.63, 3.8) is 0 Å². The molecule has 2 aliphatic heterocycles. The molecular formula is C8H11N3O. The lowest BCUT2D eigenvalue weighted by atomic mass is 10.1. The quantitative estimate of drug-likeness (QED) is 0.486. The Bertz CT molecular complexity index is 280. The van der Waals surface area contributed by atoms with E-state index in [9.17, 15) is 4.79 Å². The van der Waals surface area contributed by atoms with Gasteiger partial charge in [-0.25, -0.2) is 5.43 Å². The summed E-state index contributed by atoms with van der Waals surface area (Å²) < 4.78 is 0. The van der Waals surface area contributed by atoms with E-state index in [4.69, 9.17) is 0 Å². The topological polar surface area (TPSA) is 53.2 Å². The molecule has 4 heteroatoms. The molecule has 1 atom stereocenters. The number of nitrogens with one attached hydrogen (secondary N) is 3. The van der Waals surface area contributed by atoms with Gasteiger partial charge in [-0.15, -0.1) is 0 Å². The minimum atomic E-state index is 0.0975. The average molecular weight is 165 g/mol. The molecule has 0 saturated carbocycles. The third-order valence-electron chi connectivity index (χ3n) is 2.06. The molecule has 0 spiro atoms. The fourth-order valence-electron chi connectivity index (χ4n) is 1.35. The van der Waals surface area contributed by atoms with Crippen molar-refractivity contribution in [2.75, 3.05) is 6.54 Å². The zero-order valence-electron chi connectivity index (χ0n) is 6.85. The number of Topliss-reactive ketones (excluding diaryl/α,β-unsaturated/α-hetero) is 1. The summed E-state index contributed by atoms with van der Waals surface area (Å²) in [6.45, 7) is 2.36. The lowest BCUT2D eigenvalue weighted by molar-refractivity contribution is -0.113. The van der Waals surface area contributed by atoms with Gasteiger partial charge in [0.25, 0.3) is 0 Å². The molecule has 2 aliphatic rings. The van der Waals surface area contributed by atoms with Gasteiger partial charge in [0.15, 0.2) is 5.78 Å². The van der Waals surface area contributed by atoms with Crippen LogP contribution in [0.25, 0.3) is 0 Å². The number of rotatable bonds is 1. The van der Waals surface area contributed by atoms with Crippen molar-refractivity contribution in [1.29, 1.82) is 0 Å². The van der Waals surface area contributed by atoms with Crippen molar-refractivity contribution >= 4 is 5.78 Å². The lowest BCUT2D eigenvalue weighted by Crippen LogP contribution is -2.40. The van der Waals surface area contributed by atoms with Crippen LogP contribution in [0.4, 0.5) is 0 Å². The summed E-state index contributed by atoms with van der Waals surface area (Å²) in [5.74, 6) is 0.0975. The van der Waals surface area contributed by atoms with Crippen molar-refractivity contribution in [1.82, 2.24) is 16.2 Å². The Morgan fingerprint density at radius 1 is 1.67 bits per heavy atom. The molecule has 0 amide bonds. The van der Waals surface area contributed by atoms with Crippen molar-refractivity contribution in [2.24, 2.45) is 0 Å². The number of allylic oxidation sites excluding steroid dienone is 2. The van der Waals surface area contributed by atoms with Crippen LogP contribution in [0.2, 0.25) is 0 Å². The van der Waals surface area contributed by atoms with Gasteiger partial charge in [-0.2, -0.15) is 0 Å². The third-order valence-corrected chi connectivity index (χ3v) is 2.06. The van der Waals surface area contributed by atoms with E-state index in [1.165, 1.54) is 5.57 Å². The molecule has 1 saturated heterocycles. The number of carbonyl (C=O) groups is 1. The minimum absolute atomic E-state index is 0.0975. The van der Waals surface area contributed by atoms with Gasteiger partial charge in [0.2, 0.25) is 0 Å². The standard InChI is InChI=1S/C8H11N3O/c1-5(12)6-2-7-4-10-11-8(7)9-3-6/h2-3,8-11H,4H2,1H3. The fourth-order valence-corrected chi connectivity index (χ4v) is 1.35. The summed E-state index contributed by atoms with van der Waals surface area (Å²) >= 11 is 0. The highest BCUT2D eigenvalue weighted by Gasteiger charge is 2.22. The van der Waals surface area contributed by atoms with Crippen LogP contribution >= 0.6 is 0 Å². The highest BCUT2D eigenvalue weighted by atomic mass is 16.1. The van der Waals surface area contributed by atoms with Gasteiger partial charge < -0.3 is 5.32 Å². The van der Waals surface area contributed by atoms with E-state index in [1.54, 1.807) is 13.1 Å². The molecule has 0 aliphatic carbocycles. The van der Waals surface area contributed by atoms with Crippen LogP contribution in [0.15, 0.2) is 23.4 Å². The van der Waals surface area contributed by atoms with Crippen LogP contribution in [-0.4, -0.2) is 18.5 Å². The van der Waals surface area contributed by atoms with Gasteiger partial charge in [0, 0.05) is 18.3 Å². The van der Waals surface area contributed by atoms with Crippen molar-refractivity contribution in [3.05, 3.63) is 23.4 Å². The first-order chi connectivity index (χ1) is 5.77. The first-order valence-electron chi connectivity index (χ1n) is 3.93. The van der Waals surface area contributed by atoms with Gasteiger partial charge in [-0.3, -0.25) is 10.2 Å². The predicted octanol–water partition coefficient (Wildman–Crippen LogP) is -0.577. The van der Waals surface area contributed by atoms with Gasteiger partial charge in [-0.1, -0.05) is 0 Å². The van der Waals surface area contributed by atoms with E-state index in [2.05, 4.69) is 16.2 Å². The minimum Gasteiger partial charge on any atom is -0.371 e. The van der Waals surface area contributed by atoms with Crippen LogP contribution in [0.5, 0.6) is 0 Å². The SMILES string of the molecule is CC(=O)C1=CNC2NNCC2=C1. The number of dihydropyridines is 1. The second-order valence-corrected chi connectivity index (χ2v) is 2.97. The highest BCUT2D eigenvalue weighted by molar-refractivity contribution is 5.96. The summed E-state index contributed by atoms with van der Waals surface area (Å²) in [4.78, 5) is 11.0. The summed E-state index contributed by atoms with van der Waals surface area (Å²) in [7, 11) is 0. The molecule has 2 heterocycles. The van der Waals surface area contributed by atoms with Crippen LogP contribution in [-0.2, 0) is 4.79 Å². The first-order valence-corrected chi connectivity index (χ1v) is 3.93. The molecular weight excluding hydrogens is 154 g/mol. The molecule has 0 bridgehead atoms. The Hall–Kier alpha value is -1.13. The maximum atomic E-state index is 11.0. The van der Waals surface area contributed by atoms with Gasteiger partial charge >= 0.3 is 0 Å². The molecule has 0 aromatic rings. The summed E-state index contributed by atoms with van der Waals surface area (Å²) in [5, 5.41) is 3.09. The summed E-state index contributed by atoms with van der Waals surface area (Å²) in [6, 6.07) is 0. The molecule has 1 fully saturated rings. The van der Waals surface area contributed by atoms with Crippen molar-refractivity contribution in [3.8, 4) is 0 Å². The first kappa shape index (κ1) is 7.52. The molecule has 0 radical (unpaired) electrons.